The van der Waals surface area contributed by atoms with Crippen LogP contribution in [0.2, 0.25) is 5.02 Å². The third kappa shape index (κ3) is 4.14. The van der Waals surface area contributed by atoms with Gasteiger partial charge in [0.15, 0.2) is 0 Å². The lowest BCUT2D eigenvalue weighted by Gasteiger charge is -2.35. The van der Waals surface area contributed by atoms with Crippen LogP contribution in [0.1, 0.15) is 15.9 Å². The first-order valence-corrected chi connectivity index (χ1v) is 8.65. The second-order valence-electron chi connectivity index (χ2n) is 6.15. The van der Waals surface area contributed by atoms with Crippen molar-refractivity contribution >= 4 is 17.5 Å². The van der Waals surface area contributed by atoms with Crippen LogP contribution in [-0.4, -0.2) is 49.0 Å². The molecule has 3 rings (SSSR count). The third-order valence-corrected chi connectivity index (χ3v) is 4.69. The van der Waals surface area contributed by atoms with Gasteiger partial charge in [0.1, 0.15) is 17.4 Å². The molecule has 7 heteroatoms. The molecule has 2 aromatic carbocycles. The number of carbonyl (C=O) groups excluding carboxylic acids is 1. The zero-order valence-electron chi connectivity index (χ0n) is 14.3. The predicted molar refractivity (Wildman–Crippen MR) is 95.5 cm³/mol. The fourth-order valence-electron chi connectivity index (χ4n) is 3.05. The Balaban J connectivity index is 1.62. The van der Waals surface area contributed by atoms with E-state index in [1.807, 2.05) is 0 Å². The molecule has 0 spiro atoms. The highest BCUT2D eigenvalue weighted by Crippen LogP contribution is 2.22. The largest absolute Gasteiger partial charge is 0.496 e. The van der Waals surface area contributed by atoms with Crippen molar-refractivity contribution in [3.63, 3.8) is 0 Å². The Hall–Kier alpha value is -2.18. The quantitative estimate of drug-likeness (QED) is 0.812. The first-order chi connectivity index (χ1) is 12.5. The van der Waals surface area contributed by atoms with Crippen molar-refractivity contribution in [2.45, 2.75) is 6.54 Å². The highest BCUT2D eigenvalue weighted by molar-refractivity contribution is 6.30. The lowest BCUT2D eigenvalue weighted by atomic mass is 10.1. The van der Waals surface area contributed by atoms with Crippen LogP contribution in [0, 0.1) is 11.6 Å². The van der Waals surface area contributed by atoms with Crippen molar-refractivity contribution in [1.82, 2.24) is 9.80 Å². The van der Waals surface area contributed by atoms with E-state index in [2.05, 4.69) is 4.90 Å². The summed E-state index contributed by atoms with van der Waals surface area (Å²) in [7, 11) is 1.55. The lowest BCUT2D eigenvalue weighted by Crippen LogP contribution is -2.48. The first kappa shape index (κ1) is 18.6. The molecule has 1 saturated heterocycles. The van der Waals surface area contributed by atoms with Gasteiger partial charge in [0.2, 0.25) is 0 Å². The van der Waals surface area contributed by atoms with Gasteiger partial charge in [0.05, 0.1) is 12.7 Å². The van der Waals surface area contributed by atoms with E-state index in [-0.39, 0.29) is 22.3 Å². The number of nitrogens with zero attached hydrogens (tertiary/aromatic N) is 2. The van der Waals surface area contributed by atoms with Crippen LogP contribution in [-0.2, 0) is 6.54 Å². The van der Waals surface area contributed by atoms with E-state index in [4.69, 9.17) is 16.3 Å². The molecule has 1 fully saturated rings. The van der Waals surface area contributed by atoms with Gasteiger partial charge in [0, 0.05) is 43.3 Å². The van der Waals surface area contributed by atoms with Crippen LogP contribution < -0.4 is 4.74 Å². The number of carbonyl (C=O) groups is 1. The topological polar surface area (TPSA) is 32.8 Å². The Bertz CT molecular complexity index is 808. The Morgan fingerprint density at radius 3 is 2.50 bits per heavy atom. The van der Waals surface area contributed by atoms with Crippen molar-refractivity contribution in [1.29, 1.82) is 0 Å². The summed E-state index contributed by atoms with van der Waals surface area (Å²) in [5.74, 6) is -0.641. The Labute approximate surface area is 155 Å². The zero-order chi connectivity index (χ0) is 18.7. The van der Waals surface area contributed by atoms with Gasteiger partial charge in [-0.1, -0.05) is 11.6 Å². The number of piperazine rings is 1. The monoisotopic (exact) mass is 380 g/mol. The molecule has 1 amide bonds. The number of hydrogen-bond donors (Lipinski definition) is 0. The minimum atomic E-state index is -0.616. The van der Waals surface area contributed by atoms with Gasteiger partial charge < -0.3 is 9.64 Å². The number of ether oxygens (including phenoxy) is 1. The maximum atomic E-state index is 13.9. The molecule has 138 valence electrons. The maximum absolute atomic E-state index is 13.9. The van der Waals surface area contributed by atoms with Gasteiger partial charge >= 0.3 is 0 Å². The Morgan fingerprint density at radius 2 is 1.85 bits per heavy atom. The molecule has 1 aliphatic heterocycles. The van der Waals surface area contributed by atoms with Crippen LogP contribution in [0.3, 0.4) is 0 Å². The van der Waals surface area contributed by atoms with Gasteiger partial charge in [-0.2, -0.15) is 0 Å². The molecule has 0 unspecified atom stereocenters. The van der Waals surface area contributed by atoms with Gasteiger partial charge in [-0.15, -0.1) is 0 Å². The molecule has 0 N–H and O–H groups in total. The van der Waals surface area contributed by atoms with Crippen LogP contribution in [0.15, 0.2) is 36.4 Å². The van der Waals surface area contributed by atoms with Crippen molar-refractivity contribution in [3.05, 3.63) is 64.2 Å². The average molecular weight is 381 g/mol. The summed E-state index contributed by atoms with van der Waals surface area (Å²) in [5, 5.41) is 0.257. The minimum Gasteiger partial charge on any atom is -0.496 e. The van der Waals surface area contributed by atoms with Crippen molar-refractivity contribution < 1.29 is 18.3 Å². The summed E-state index contributed by atoms with van der Waals surface area (Å²) < 4.78 is 32.7. The van der Waals surface area contributed by atoms with Crippen LogP contribution in [0.5, 0.6) is 5.75 Å². The van der Waals surface area contributed by atoms with Gasteiger partial charge in [-0.25, -0.2) is 8.78 Å². The number of halogens is 3. The van der Waals surface area contributed by atoms with E-state index >= 15 is 0 Å². The molecule has 0 bridgehead atoms. The molecular formula is C19H19ClF2N2O2. The third-order valence-electron chi connectivity index (χ3n) is 4.46. The fraction of sp³-hybridized carbons (Fsp3) is 0.316. The molecule has 4 nitrogen and oxygen atoms in total. The van der Waals surface area contributed by atoms with E-state index in [9.17, 15) is 13.6 Å². The van der Waals surface area contributed by atoms with E-state index in [1.54, 1.807) is 18.1 Å². The predicted octanol–water partition coefficient (Wildman–Crippen LogP) is 3.58. The molecule has 1 heterocycles. The molecule has 2 aromatic rings. The maximum Gasteiger partial charge on any atom is 0.256 e. The van der Waals surface area contributed by atoms with Crippen molar-refractivity contribution in [3.8, 4) is 5.75 Å². The van der Waals surface area contributed by atoms with E-state index in [0.29, 0.717) is 38.5 Å². The standard InChI is InChI=1S/C19H19ClF2N2O2/c1-26-18-5-3-15(21)10-13(18)12-23-6-8-24(9-7-23)19(25)16-4-2-14(20)11-17(16)22/h2-5,10-11H,6-9,12H2,1H3. The fourth-order valence-corrected chi connectivity index (χ4v) is 3.21. The zero-order valence-corrected chi connectivity index (χ0v) is 15.1. The molecule has 0 radical (unpaired) electrons. The summed E-state index contributed by atoms with van der Waals surface area (Å²) in [5.41, 5.74) is 0.783. The van der Waals surface area contributed by atoms with E-state index < -0.39 is 5.82 Å². The highest BCUT2D eigenvalue weighted by Gasteiger charge is 2.24. The second kappa shape index (κ2) is 8.01. The summed E-state index contributed by atoms with van der Waals surface area (Å²) >= 11 is 5.73. The summed E-state index contributed by atoms with van der Waals surface area (Å²) in [4.78, 5) is 16.2. The smallest absolute Gasteiger partial charge is 0.256 e. The summed E-state index contributed by atoms with van der Waals surface area (Å²) in [6, 6.07) is 8.47. The number of methoxy groups -OCH3 is 1. The molecule has 0 saturated carbocycles. The average Bonchev–Trinajstić information content (AvgIpc) is 2.62. The number of rotatable bonds is 4. The number of benzene rings is 2. The summed E-state index contributed by atoms with van der Waals surface area (Å²) in [6.45, 7) is 2.69. The number of amides is 1. The van der Waals surface area contributed by atoms with Gasteiger partial charge in [-0.3, -0.25) is 9.69 Å². The second-order valence-corrected chi connectivity index (χ2v) is 6.59. The molecule has 1 aliphatic rings. The van der Waals surface area contributed by atoms with Crippen molar-refractivity contribution in [2.75, 3.05) is 33.3 Å². The number of hydrogen-bond acceptors (Lipinski definition) is 3. The molecular weight excluding hydrogens is 362 g/mol. The summed E-state index contributed by atoms with van der Waals surface area (Å²) in [6.07, 6.45) is 0. The normalized spacial score (nSPS) is 15.2. The Kier molecular flexibility index (Phi) is 5.74. The van der Waals surface area contributed by atoms with Crippen LogP contribution >= 0.6 is 11.6 Å². The van der Waals surface area contributed by atoms with Crippen LogP contribution in [0.25, 0.3) is 0 Å². The van der Waals surface area contributed by atoms with Gasteiger partial charge in [-0.05, 0) is 36.4 Å². The first-order valence-electron chi connectivity index (χ1n) is 8.27. The molecule has 0 aromatic heterocycles. The molecule has 26 heavy (non-hydrogen) atoms. The van der Waals surface area contributed by atoms with E-state index in [0.717, 1.165) is 11.6 Å². The Morgan fingerprint density at radius 1 is 1.12 bits per heavy atom. The van der Waals surface area contributed by atoms with Crippen molar-refractivity contribution in [2.24, 2.45) is 0 Å². The highest BCUT2D eigenvalue weighted by atomic mass is 35.5. The van der Waals surface area contributed by atoms with Gasteiger partial charge in [0.25, 0.3) is 5.91 Å². The SMILES string of the molecule is COc1ccc(F)cc1CN1CCN(C(=O)c2ccc(Cl)cc2F)CC1. The van der Waals surface area contributed by atoms with E-state index in [1.165, 1.54) is 24.3 Å². The minimum absolute atomic E-state index is 0.0228. The van der Waals surface area contributed by atoms with Crippen LogP contribution in [0.4, 0.5) is 8.78 Å². The molecule has 0 atom stereocenters. The molecule has 0 aliphatic carbocycles. The lowest BCUT2D eigenvalue weighted by molar-refractivity contribution is 0.0623.